The van der Waals surface area contributed by atoms with Gasteiger partial charge in [-0.15, -0.1) is 5.10 Å². The smallest absolute Gasteiger partial charge is 0.0885 e. The zero-order valence-electron chi connectivity index (χ0n) is 14.6. The van der Waals surface area contributed by atoms with Crippen molar-refractivity contribution in [1.29, 1.82) is 0 Å². The normalized spacial score (nSPS) is 29.9. The van der Waals surface area contributed by atoms with Gasteiger partial charge in [0, 0.05) is 45.7 Å². The number of aliphatic hydroxyl groups is 1. The molecule has 1 saturated carbocycles. The van der Waals surface area contributed by atoms with Gasteiger partial charge >= 0.3 is 0 Å². The molecule has 4 rings (SSSR count). The monoisotopic (exact) mass is 335 g/mol. The Labute approximate surface area is 143 Å². The maximum atomic E-state index is 10.5. The molecule has 7 heteroatoms. The van der Waals surface area contributed by atoms with Gasteiger partial charge < -0.3 is 9.84 Å². The van der Waals surface area contributed by atoms with Gasteiger partial charge in [0.15, 0.2) is 0 Å². The van der Waals surface area contributed by atoms with Crippen LogP contribution in [0.15, 0.2) is 0 Å². The first-order valence-corrected chi connectivity index (χ1v) is 9.32. The van der Waals surface area contributed by atoms with Crippen LogP contribution in [0.4, 0.5) is 0 Å². The zero-order valence-corrected chi connectivity index (χ0v) is 14.6. The summed E-state index contributed by atoms with van der Waals surface area (Å²) in [5.74, 6) is 0.810. The van der Waals surface area contributed by atoms with Crippen molar-refractivity contribution in [2.45, 2.75) is 44.9 Å². The third-order valence-electron chi connectivity index (χ3n) is 5.65. The Morgan fingerprint density at radius 3 is 2.67 bits per heavy atom. The van der Waals surface area contributed by atoms with E-state index in [0.29, 0.717) is 6.04 Å². The highest BCUT2D eigenvalue weighted by atomic mass is 16.5. The molecule has 0 amide bonds. The molecule has 7 nitrogen and oxygen atoms in total. The predicted octanol–water partition coefficient (Wildman–Crippen LogP) is 0.300. The minimum Gasteiger partial charge on any atom is -0.390 e. The highest BCUT2D eigenvalue weighted by Crippen LogP contribution is 2.38. The molecule has 1 aliphatic carbocycles. The van der Waals surface area contributed by atoms with Crippen molar-refractivity contribution >= 4 is 0 Å². The molecule has 1 unspecified atom stereocenters. The third-order valence-corrected chi connectivity index (χ3v) is 5.65. The first-order chi connectivity index (χ1) is 11.7. The van der Waals surface area contributed by atoms with E-state index in [-0.39, 0.29) is 6.10 Å². The topological polar surface area (TPSA) is 66.7 Å². The molecule has 24 heavy (non-hydrogen) atoms. The molecule has 0 aromatic carbocycles. The lowest BCUT2D eigenvalue weighted by atomic mass is 9.82. The van der Waals surface area contributed by atoms with Gasteiger partial charge in [-0.05, 0) is 18.8 Å². The van der Waals surface area contributed by atoms with E-state index in [1.807, 2.05) is 0 Å². The van der Waals surface area contributed by atoms with Gasteiger partial charge in [-0.3, -0.25) is 9.80 Å². The second kappa shape index (κ2) is 7.07. The lowest BCUT2D eigenvalue weighted by Crippen LogP contribution is -2.45. The fourth-order valence-electron chi connectivity index (χ4n) is 4.21. The summed E-state index contributed by atoms with van der Waals surface area (Å²) < 4.78 is 7.53. The number of rotatable bonds is 5. The second-order valence-electron chi connectivity index (χ2n) is 7.71. The van der Waals surface area contributed by atoms with Gasteiger partial charge in [-0.1, -0.05) is 12.1 Å². The maximum Gasteiger partial charge on any atom is 0.0885 e. The second-order valence-corrected chi connectivity index (χ2v) is 7.71. The van der Waals surface area contributed by atoms with Crippen LogP contribution in [0, 0.1) is 5.92 Å². The fraction of sp³-hybridized carbons (Fsp3) is 0.882. The molecule has 1 N–H and O–H groups in total. The van der Waals surface area contributed by atoms with Crippen molar-refractivity contribution in [3.05, 3.63) is 11.4 Å². The SMILES string of the molecule is CC1CC(n2nnc3c2CN(CC(O)CN2CCOCC2)CC3)C1. The fourth-order valence-corrected chi connectivity index (χ4v) is 4.21. The van der Waals surface area contributed by atoms with Crippen LogP contribution in [-0.2, 0) is 17.7 Å². The van der Waals surface area contributed by atoms with E-state index in [1.165, 1.54) is 18.5 Å². The standard InChI is InChI=1S/C17H29N5O2/c1-13-8-14(9-13)22-17-12-21(3-2-16(17)18-19-22)11-15(23)10-20-4-6-24-7-5-20/h13-15,23H,2-12H2,1H3. The van der Waals surface area contributed by atoms with Crippen molar-refractivity contribution < 1.29 is 9.84 Å². The maximum absolute atomic E-state index is 10.5. The summed E-state index contributed by atoms with van der Waals surface area (Å²) in [7, 11) is 0. The quantitative estimate of drug-likeness (QED) is 0.835. The summed E-state index contributed by atoms with van der Waals surface area (Å²) in [5.41, 5.74) is 2.44. The van der Waals surface area contributed by atoms with Crippen LogP contribution in [0.3, 0.4) is 0 Å². The Morgan fingerprint density at radius 2 is 1.92 bits per heavy atom. The van der Waals surface area contributed by atoms with Crippen LogP contribution in [0.5, 0.6) is 0 Å². The average Bonchev–Trinajstić information content (AvgIpc) is 2.95. The third kappa shape index (κ3) is 3.49. The van der Waals surface area contributed by atoms with Crippen LogP contribution in [0.1, 0.15) is 37.2 Å². The van der Waals surface area contributed by atoms with Crippen LogP contribution in [-0.4, -0.2) is 81.9 Å². The Bertz CT molecular complexity index is 551. The van der Waals surface area contributed by atoms with Gasteiger partial charge in [0.2, 0.25) is 0 Å². The van der Waals surface area contributed by atoms with E-state index in [4.69, 9.17) is 4.74 Å². The molecule has 3 aliphatic rings. The molecule has 134 valence electrons. The van der Waals surface area contributed by atoms with Crippen molar-refractivity contribution in [3.8, 4) is 0 Å². The first kappa shape index (κ1) is 16.4. The van der Waals surface area contributed by atoms with Gasteiger partial charge in [0.1, 0.15) is 0 Å². The van der Waals surface area contributed by atoms with Crippen LogP contribution < -0.4 is 0 Å². The Morgan fingerprint density at radius 1 is 1.17 bits per heavy atom. The average molecular weight is 335 g/mol. The summed E-state index contributed by atoms with van der Waals surface area (Å²) in [5, 5.41) is 19.3. The van der Waals surface area contributed by atoms with Gasteiger partial charge in [0.25, 0.3) is 0 Å². The summed E-state index contributed by atoms with van der Waals surface area (Å²) in [6.45, 7) is 9.02. The Balaban J connectivity index is 1.33. The highest BCUT2D eigenvalue weighted by molar-refractivity contribution is 5.15. The summed E-state index contributed by atoms with van der Waals surface area (Å²) in [6.07, 6.45) is 3.07. The molecule has 0 bridgehead atoms. The number of nitrogens with zero attached hydrogens (tertiary/aromatic N) is 5. The van der Waals surface area contributed by atoms with E-state index in [2.05, 4.69) is 31.7 Å². The predicted molar refractivity (Wildman–Crippen MR) is 89.7 cm³/mol. The van der Waals surface area contributed by atoms with Gasteiger partial charge in [-0.25, -0.2) is 4.68 Å². The molecule has 0 spiro atoms. The Kier molecular flexibility index (Phi) is 4.85. The zero-order chi connectivity index (χ0) is 16.5. The Hall–Kier alpha value is -1.02. The molecule has 1 atom stereocenters. The number of ether oxygens (including phenoxy) is 1. The highest BCUT2D eigenvalue weighted by Gasteiger charge is 2.32. The first-order valence-electron chi connectivity index (χ1n) is 9.32. The summed E-state index contributed by atoms with van der Waals surface area (Å²) in [6, 6.07) is 0.537. The summed E-state index contributed by atoms with van der Waals surface area (Å²) >= 11 is 0. The molecular weight excluding hydrogens is 306 g/mol. The number of morpholine rings is 1. The summed E-state index contributed by atoms with van der Waals surface area (Å²) in [4.78, 5) is 4.65. The largest absolute Gasteiger partial charge is 0.390 e. The van der Waals surface area contributed by atoms with E-state index in [0.717, 1.165) is 70.5 Å². The number of fused-ring (bicyclic) bond motifs is 1. The molecular formula is C17H29N5O2. The minimum absolute atomic E-state index is 0.308. The lowest BCUT2D eigenvalue weighted by Gasteiger charge is -2.36. The van der Waals surface area contributed by atoms with Crippen LogP contribution in [0.2, 0.25) is 0 Å². The number of β-amino-alcohol motifs (C(OH)–C–C–N with tert-alkyl or cyclic N) is 1. The number of hydrogen-bond acceptors (Lipinski definition) is 6. The van der Waals surface area contributed by atoms with Crippen LogP contribution >= 0.6 is 0 Å². The molecule has 1 aromatic rings. The van der Waals surface area contributed by atoms with Crippen molar-refractivity contribution in [1.82, 2.24) is 24.8 Å². The van der Waals surface area contributed by atoms with E-state index in [1.54, 1.807) is 0 Å². The molecule has 0 radical (unpaired) electrons. The van der Waals surface area contributed by atoms with Crippen molar-refractivity contribution in [3.63, 3.8) is 0 Å². The number of hydrogen-bond donors (Lipinski definition) is 1. The molecule has 3 heterocycles. The van der Waals surface area contributed by atoms with E-state index in [9.17, 15) is 5.11 Å². The van der Waals surface area contributed by atoms with Gasteiger partial charge in [-0.2, -0.15) is 0 Å². The molecule has 1 saturated heterocycles. The lowest BCUT2D eigenvalue weighted by molar-refractivity contribution is 0.00550. The number of aliphatic hydroxyl groups excluding tert-OH is 1. The van der Waals surface area contributed by atoms with Gasteiger partial charge in [0.05, 0.1) is 36.7 Å². The van der Waals surface area contributed by atoms with E-state index >= 15 is 0 Å². The van der Waals surface area contributed by atoms with Crippen LogP contribution in [0.25, 0.3) is 0 Å². The van der Waals surface area contributed by atoms with Crippen molar-refractivity contribution in [2.75, 3.05) is 45.9 Å². The number of aromatic nitrogens is 3. The molecule has 1 aromatic heterocycles. The van der Waals surface area contributed by atoms with E-state index < -0.39 is 0 Å². The molecule has 2 aliphatic heterocycles. The minimum atomic E-state index is -0.308. The van der Waals surface area contributed by atoms with Crippen molar-refractivity contribution in [2.24, 2.45) is 5.92 Å². The molecule has 2 fully saturated rings.